The number of hydrogen-bond donors (Lipinski definition) is 1. The highest BCUT2D eigenvalue weighted by Crippen LogP contribution is 2.42. The SMILES string of the molecule is O=C(O)c1c(-c2ccc3cc(Cl)ccc3n2)nnn1C(c1ccccc1)(c1ccccc1)c1ccccc1. The Morgan fingerprint density at radius 2 is 1.29 bits per heavy atom. The Morgan fingerprint density at radius 1 is 0.737 bits per heavy atom. The molecule has 0 saturated heterocycles. The molecule has 0 aliphatic heterocycles. The molecule has 7 heteroatoms. The lowest BCUT2D eigenvalue weighted by molar-refractivity contribution is 0.0680. The van der Waals surface area contributed by atoms with Crippen LogP contribution in [-0.2, 0) is 5.54 Å². The van der Waals surface area contributed by atoms with Crippen molar-refractivity contribution in [2.45, 2.75) is 5.54 Å². The molecule has 0 fully saturated rings. The summed E-state index contributed by atoms with van der Waals surface area (Å²) in [5.74, 6) is -1.16. The van der Waals surface area contributed by atoms with E-state index in [1.165, 1.54) is 4.68 Å². The van der Waals surface area contributed by atoms with E-state index in [-0.39, 0.29) is 11.4 Å². The van der Waals surface area contributed by atoms with Crippen molar-refractivity contribution < 1.29 is 9.90 Å². The number of aromatic carboxylic acids is 1. The van der Waals surface area contributed by atoms with E-state index in [0.29, 0.717) is 16.2 Å². The molecular formula is C31H21ClN4O2. The number of pyridine rings is 1. The third-order valence-corrected chi connectivity index (χ3v) is 6.89. The molecule has 0 saturated carbocycles. The summed E-state index contributed by atoms with van der Waals surface area (Å²) < 4.78 is 1.51. The van der Waals surface area contributed by atoms with Gasteiger partial charge in [0.25, 0.3) is 0 Å². The first-order chi connectivity index (χ1) is 18.6. The topological polar surface area (TPSA) is 80.9 Å². The minimum absolute atomic E-state index is 0.0672. The second-order valence-corrected chi connectivity index (χ2v) is 9.28. The van der Waals surface area contributed by atoms with E-state index < -0.39 is 11.5 Å². The summed E-state index contributed by atoms with van der Waals surface area (Å²) in [5, 5.41) is 21.0. The van der Waals surface area contributed by atoms with Crippen molar-refractivity contribution in [2.75, 3.05) is 0 Å². The van der Waals surface area contributed by atoms with Crippen LogP contribution in [0.25, 0.3) is 22.3 Å². The van der Waals surface area contributed by atoms with Crippen molar-refractivity contribution in [3.8, 4) is 11.4 Å². The second-order valence-electron chi connectivity index (χ2n) is 8.85. The van der Waals surface area contributed by atoms with Gasteiger partial charge in [-0.05, 0) is 41.0 Å². The largest absolute Gasteiger partial charge is 0.476 e. The van der Waals surface area contributed by atoms with Gasteiger partial charge in [0.1, 0.15) is 11.2 Å². The fraction of sp³-hybridized carbons (Fsp3) is 0.0323. The molecule has 184 valence electrons. The number of halogens is 1. The molecule has 1 N–H and O–H groups in total. The Bertz CT molecular complexity index is 1660. The number of fused-ring (bicyclic) bond motifs is 1. The van der Waals surface area contributed by atoms with Crippen LogP contribution in [0.4, 0.5) is 0 Å². The van der Waals surface area contributed by atoms with Crippen LogP contribution in [0, 0.1) is 0 Å². The molecule has 0 radical (unpaired) electrons. The summed E-state index contributed by atoms with van der Waals surface area (Å²) in [4.78, 5) is 17.7. The Morgan fingerprint density at radius 3 is 1.82 bits per heavy atom. The Hall–Kier alpha value is -4.81. The van der Waals surface area contributed by atoms with Crippen molar-refractivity contribution in [3.05, 3.63) is 149 Å². The molecule has 0 amide bonds. The quantitative estimate of drug-likeness (QED) is 0.249. The van der Waals surface area contributed by atoms with Gasteiger partial charge in [-0.2, -0.15) is 0 Å². The third kappa shape index (κ3) is 3.83. The minimum atomic E-state index is -1.16. The lowest BCUT2D eigenvalue weighted by Gasteiger charge is -2.36. The zero-order valence-corrected chi connectivity index (χ0v) is 20.8. The first-order valence-electron chi connectivity index (χ1n) is 12.0. The maximum absolute atomic E-state index is 13.0. The molecule has 6 nitrogen and oxygen atoms in total. The van der Waals surface area contributed by atoms with Gasteiger partial charge in [-0.1, -0.05) is 114 Å². The molecule has 0 bridgehead atoms. The number of carbonyl (C=O) groups is 1. The monoisotopic (exact) mass is 516 g/mol. The highest BCUT2D eigenvalue weighted by atomic mass is 35.5. The van der Waals surface area contributed by atoms with E-state index in [1.54, 1.807) is 18.2 Å². The molecule has 0 unspecified atom stereocenters. The Labute approximate surface area is 223 Å². The maximum atomic E-state index is 13.0. The van der Waals surface area contributed by atoms with Gasteiger partial charge in [-0.3, -0.25) is 0 Å². The van der Waals surface area contributed by atoms with Gasteiger partial charge >= 0.3 is 5.97 Å². The van der Waals surface area contributed by atoms with Gasteiger partial charge in [0, 0.05) is 10.4 Å². The summed E-state index contributed by atoms with van der Waals surface area (Å²) in [6, 6.07) is 38.2. The van der Waals surface area contributed by atoms with Gasteiger partial charge in [0.15, 0.2) is 5.69 Å². The van der Waals surface area contributed by atoms with Crippen molar-refractivity contribution in [3.63, 3.8) is 0 Å². The molecule has 2 aromatic heterocycles. The van der Waals surface area contributed by atoms with E-state index in [1.807, 2.05) is 103 Å². The number of aromatic nitrogens is 4. The second kappa shape index (κ2) is 9.57. The van der Waals surface area contributed by atoms with Crippen LogP contribution < -0.4 is 0 Å². The van der Waals surface area contributed by atoms with Crippen LogP contribution in [0.1, 0.15) is 27.2 Å². The summed E-state index contributed by atoms with van der Waals surface area (Å²) in [6.45, 7) is 0. The summed E-state index contributed by atoms with van der Waals surface area (Å²) in [6.07, 6.45) is 0. The van der Waals surface area contributed by atoms with E-state index in [2.05, 4.69) is 10.3 Å². The minimum Gasteiger partial charge on any atom is -0.476 e. The predicted octanol–water partition coefficient (Wildman–Crippen LogP) is 6.69. The highest BCUT2D eigenvalue weighted by molar-refractivity contribution is 6.31. The normalized spacial score (nSPS) is 11.5. The lowest BCUT2D eigenvalue weighted by Crippen LogP contribution is -2.40. The molecular weight excluding hydrogens is 496 g/mol. The highest BCUT2D eigenvalue weighted by Gasteiger charge is 2.43. The first-order valence-corrected chi connectivity index (χ1v) is 12.4. The lowest BCUT2D eigenvalue weighted by atomic mass is 9.77. The van der Waals surface area contributed by atoms with Gasteiger partial charge in [0.2, 0.25) is 0 Å². The number of hydrogen-bond acceptors (Lipinski definition) is 4. The van der Waals surface area contributed by atoms with E-state index in [0.717, 1.165) is 22.1 Å². The molecule has 38 heavy (non-hydrogen) atoms. The van der Waals surface area contributed by atoms with Gasteiger partial charge < -0.3 is 5.11 Å². The summed E-state index contributed by atoms with van der Waals surface area (Å²) in [7, 11) is 0. The zero-order chi connectivity index (χ0) is 26.1. The van der Waals surface area contributed by atoms with Crippen LogP contribution in [0.5, 0.6) is 0 Å². The first kappa shape index (κ1) is 23.6. The van der Waals surface area contributed by atoms with Crippen LogP contribution in [0.2, 0.25) is 5.02 Å². The molecule has 0 atom stereocenters. The summed E-state index contributed by atoms with van der Waals surface area (Å²) >= 11 is 6.14. The number of nitrogens with zero attached hydrogens (tertiary/aromatic N) is 4. The van der Waals surface area contributed by atoms with Crippen LogP contribution in [0.3, 0.4) is 0 Å². The number of carboxylic acids is 1. The maximum Gasteiger partial charge on any atom is 0.356 e. The molecule has 2 heterocycles. The van der Waals surface area contributed by atoms with Gasteiger partial charge in [-0.15, -0.1) is 5.10 Å². The molecule has 0 aliphatic carbocycles. The van der Waals surface area contributed by atoms with Crippen molar-refractivity contribution >= 4 is 28.5 Å². The van der Waals surface area contributed by atoms with Crippen molar-refractivity contribution in [2.24, 2.45) is 0 Å². The van der Waals surface area contributed by atoms with Crippen LogP contribution in [-0.4, -0.2) is 31.1 Å². The van der Waals surface area contributed by atoms with Crippen molar-refractivity contribution in [1.82, 2.24) is 20.0 Å². The van der Waals surface area contributed by atoms with Gasteiger partial charge in [-0.25, -0.2) is 14.5 Å². The average Bonchev–Trinajstić information content (AvgIpc) is 3.41. The van der Waals surface area contributed by atoms with E-state index in [4.69, 9.17) is 16.6 Å². The molecule has 6 aromatic rings. The molecule has 0 spiro atoms. The Balaban J connectivity index is 1.69. The summed E-state index contributed by atoms with van der Waals surface area (Å²) in [5.41, 5.74) is 2.62. The number of carboxylic acid groups (broad SMARTS) is 1. The molecule has 4 aromatic carbocycles. The molecule has 0 aliphatic rings. The fourth-order valence-corrected chi connectivity index (χ4v) is 5.19. The predicted molar refractivity (Wildman–Crippen MR) is 147 cm³/mol. The molecule has 6 rings (SSSR count). The fourth-order valence-electron chi connectivity index (χ4n) is 5.01. The van der Waals surface area contributed by atoms with Crippen LogP contribution >= 0.6 is 11.6 Å². The van der Waals surface area contributed by atoms with E-state index >= 15 is 0 Å². The standard InChI is InChI=1S/C31H21ClN4O2/c32-25-17-19-26-21(20-25)16-18-27(33-26)28-29(30(37)38)36(35-34-28)31(22-10-4-1-5-11-22,23-12-6-2-7-13-23)24-14-8-3-9-15-24/h1-20H,(H,37,38). The third-order valence-electron chi connectivity index (χ3n) is 6.66. The Kier molecular flexibility index (Phi) is 5.94. The van der Waals surface area contributed by atoms with Gasteiger partial charge in [0.05, 0.1) is 11.2 Å². The number of rotatable bonds is 6. The average molecular weight is 517 g/mol. The van der Waals surface area contributed by atoms with Crippen LogP contribution in [0.15, 0.2) is 121 Å². The number of benzene rings is 4. The van der Waals surface area contributed by atoms with Crippen molar-refractivity contribution in [1.29, 1.82) is 0 Å². The smallest absolute Gasteiger partial charge is 0.356 e. The van der Waals surface area contributed by atoms with E-state index in [9.17, 15) is 9.90 Å². The zero-order valence-electron chi connectivity index (χ0n) is 20.1.